The van der Waals surface area contributed by atoms with Gasteiger partial charge in [0.1, 0.15) is 6.26 Å². The summed E-state index contributed by atoms with van der Waals surface area (Å²) in [4.78, 5) is 19.1. The normalized spacial score (nSPS) is 17.0. The van der Waals surface area contributed by atoms with Gasteiger partial charge in [-0.15, -0.1) is 0 Å². The van der Waals surface area contributed by atoms with Gasteiger partial charge in [0.15, 0.2) is 17.2 Å². The topological polar surface area (TPSA) is 86.1 Å². The van der Waals surface area contributed by atoms with Gasteiger partial charge in [-0.3, -0.25) is 9.69 Å². The van der Waals surface area contributed by atoms with Crippen molar-refractivity contribution in [3.63, 3.8) is 0 Å². The lowest BCUT2D eigenvalue weighted by atomic mass is 10.1. The van der Waals surface area contributed by atoms with E-state index < -0.39 is 0 Å². The van der Waals surface area contributed by atoms with Crippen molar-refractivity contribution in [1.29, 1.82) is 0 Å². The van der Waals surface area contributed by atoms with E-state index in [1.54, 1.807) is 14.2 Å². The quantitative estimate of drug-likeness (QED) is 0.583. The molecule has 1 aliphatic heterocycles. The summed E-state index contributed by atoms with van der Waals surface area (Å²) in [6.45, 7) is 6.67. The van der Waals surface area contributed by atoms with Gasteiger partial charge >= 0.3 is 0 Å². The van der Waals surface area contributed by atoms with Gasteiger partial charge in [0, 0.05) is 31.3 Å². The molecule has 1 saturated heterocycles. The number of amides is 1. The molecule has 31 heavy (non-hydrogen) atoms. The maximum Gasteiger partial charge on any atom is 0.273 e. The van der Waals surface area contributed by atoms with Gasteiger partial charge in [-0.05, 0) is 32.3 Å². The summed E-state index contributed by atoms with van der Waals surface area (Å²) in [5, 5.41) is 2.88. The van der Waals surface area contributed by atoms with Gasteiger partial charge in [0.2, 0.25) is 5.89 Å². The van der Waals surface area contributed by atoms with Crippen molar-refractivity contribution in [3.05, 3.63) is 41.6 Å². The zero-order valence-corrected chi connectivity index (χ0v) is 18.8. The molecule has 2 aromatic rings. The second-order valence-electron chi connectivity index (χ2n) is 7.79. The van der Waals surface area contributed by atoms with E-state index in [0.29, 0.717) is 31.3 Å². The van der Waals surface area contributed by atoms with Gasteiger partial charge in [0.05, 0.1) is 26.9 Å². The largest absolute Gasteiger partial charge is 0.493 e. The molecule has 0 aliphatic carbocycles. The van der Waals surface area contributed by atoms with Crippen LogP contribution in [0.1, 0.15) is 55.1 Å². The molecule has 2 unspecified atom stereocenters. The van der Waals surface area contributed by atoms with E-state index >= 15 is 0 Å². The Labute approximate surface area is 183 Å². The van der Waals surface area contributed by atoms with Crippen LogP contribution in [0.2, 0.25) is 0 Å². The molecule has 2 atom stereocenters. The van der Waals surface area contributed by atoms with Crippen LogP contribution < -0.4 is 14.8 Å². The fourth-order valence-electron chi connectivity index (χ4n) is 3.69. The highest BCUT2D eigenvalue weighted by Gasteiger charge is 2.22. The Hall–Kier alpha value is -2.58. The zero-order chi connectivity index (χ0) is 22.2. The van der Waals surface area contributed by atoms with E-state index in [1.807, 2.05) is 18.2 Å². The highest BCUT2D eigenvalue weighted by atomic mass is 16.5. The number of ether oxygens (including phenoxy) is 3. The standard InChI is InChI=1S/C23H33N3O5/c1-5-16(2)26(13-17-8-6-10-20(28-3)22(17)29-4)14-21-25-19(15-31-21)23(27)24-12-18-9-7-11-30-18/h6,8,10,15-16,18H,5,7,9,11-14H2,1-4H3,(H,24,27). The van der Waals surface area contributed by atoms with Crippen LogP contribution in [0.3, 0.4) is 0 Å². The molecule has 1 amide bonds. The fourth-order valence-corrected chi connectivity index (χ4v) is 3.69. The number of benzene rings is 1. The third-order valence-electron chi connectivity index (χ3n) is 5.71. The van der Waals surface area contributed by atoms with Crippen molar-refractivity contribution in [1.82, 2.24) is 15.2 Å². The van der Waals surface area contributed by atoms with Crippen molar-refractivity contribution < 1.29 is 23.4 Å². The molecular weight excluding hydrogens is 398 g/mol. The first-order valence-electron chi connectivity index (χ1n) is 10.8. The molecule has 3 rings (SSSR count). The third kappa shape index (κ3) is 5.98. The minimum atomic E-state index is -0.241. The smallest absolute Gasteiger partial charge is 0.273 e. The van der Waals surface area contributed by atoms with E-state index in [0.717, 1.165) is 37.2 Å². The fraction of sp³-hybridized carbons (Fsp3) is 0.565. The molecule has 0 radical (unpaired) electrons. The zero-order valence-electron chi connectivity index (χ0n) is 18.8. The Morgan fingerprint density at radius 3 is 2.84 bits per heavy atom. The monoisotopic (exact) mass is 431 g/mol. The predicted octanol–water partition coefficient (Wildman–Crippen LogP) is 3.40. The van der Waals surface area contributed by atoms with Crippen LogP contribution in [0.15, 0.2) is 28.9 Å². The number of oxazole rings is 1. The maximum absolute atomic E-state index is 12.4. The average Bonchev–Trinajstić information content (AvgIpc) is 3.48. The number of nitrogens with zero attached hydrogens (tertiary/aromatic N) is 2. The van der Waals surface area contributed by atoms with Gasteiger partial charge in [-0.25, -0.2) is 4.98 Å². The van der Waals surface area contributed by atoms with Crippen LogP contribution in [-0.4, -0.2) is 55.3 Å². The van der Waals surface area contributed by atoms with E-state index in [1.165, 1.54) is 6.26 Å². The second-order valence-corrected chi connectivity index (χ2v) is 7.79. The van der Waals surface area contributed by atoms with Crippen LogP contribution in [-0.2, 0) is 17.8 Å². The lowest BCUT2D eigenvalue weighted by molar-refractivity contribution is 0.0853. The maximum atomic E-state index is 12.4. The molecule has 1 aromatic heterocycles. The first kappa shape index (κ1) is 23.1. The summed E-state index contributed by atoms with van der Waals surface area (Å²) in [6, 6.07) is 6.13. The lowest BCUT2D eigenvalue weighted by Crippen LogP contribution is -2.33. The number of nitrogens with one attached hydrogen (secondary N) is 1. The Bertz CT molecular complexity index is 847. The Balaban J connectivity index is 1.67. The summed E-state index contributed by atoms with van der Waals surface area (Å²) in [5.41, 5.74) is 1.30. The molecule has 2 heterocycles. The molecule has 1 aliphatic rings. The van der Waals surface area contributed by atoms with Crippen LogP contribution in [0.4, 0.5) is 0 Å². The number of hydrogen-bond donors (Lipinski definition) is 1. The predicted molar refractivity (Wildman–Crippen MR) is 116 cm³/mol. The molecule has 8 heteroatoms. The Kier molecular flexibility index (Phi) is 8.31. The molecule has 1 N–H and O–H groups in total. The molecular formula is C23H33N3O5. The Morgan fingerprint density at radius 1 is 1.32 bits per heavy atom. The Morgan fingerprint density at radius 2 is 2.16 bits per heavy atom. The highest BCUT2D eigenvalue weighted by molar-refractivity contribution is 5.91. The highest BCUT2D eigenvalue weighted by Crippen LogP contribution is 2.32. The molecule has 8 nitrogen and oxygen atoms in total. The first-order chi connectivity index (χ1) is 15.0. The van der Waals surface area contributed by atoms with E-state index in [9.17, 15) is 4.79 Å². The minimum absolute atomic E-state index is 0.0917. The summed E-state index contributed by atoms with van der Waals surface area (Å²) in [7, 11) is 3.27. The third-order valence-corrected chi connectivity index (χ3v) is 5.71. The van der Waals surface area contributed by atoms with Crippen LogP contribution in [0.25, 0.3) is 0 Å². The molecule has 1 aromatic carbocycles. The van der Waals surface area contributed by atoms with Crippen molar-refractivity contribution in [2.75, 3.05) is 27.4 Å². The molecule has 0 bridgehead atoms. The van der Waals surface area contributed by atoms with Crippen molar-refractivity contribution in [2.45, 2.75) is 58.3 Å². The van der Waals surface area contributed by atoms with Crippen molar-refractivity contribution in [3.8, 4) is 11.5 Å². The average molecular weight is 432 g/mol. The summed E-state index contributed by atoms with van der Waals surface area (Å²) in [6.07, 6.45) is 4.48. The number of carbonyl (C=O) groups excluding carboxylic acids is 1. The number of para-hydroxylation sites is 1. The van der Waals surface area contributed by atoms with Gasteiger partial charge in [-0.1, -0.05) is 19.1 Å². The van der Waals surface area contributed by atoms with Gasteiger partial charge in [-0.2, -0.15) is 0 Å². The van der Waals surface area contributed by atoms with Crippen LogP contribution >= 0.6 is 0 Å². The molecule has 0 spiro atoms. The van der Waals surface area contributed by atoms with E-state index in [2.05, 4.69) is 29.0 Å². The number of hydrogen-bond acceptors (Lipinski definition) is 7. The van der Waals surface area contributed by atoms with E-state index in [4.69, 9.17) is 18.6 Å². The van der Waals surface area contributed by atoms with E-state index in [-0.39, 0.29) is 23.7 Å². The van der Waals surface area contributed by atoms with Crippen LogP contribution in [0.5, 0.6) is 11.5 Å². The molecule has 170 valence electrons. The van der Waals surface area contributed by atoms with Crippen LogP contribution in [0, 0.1) is 0 Å². The first-order valence-corrected chi connectivity index (χ1v) is 10.8. The number of methoxy groups -OCH3 is 2. The summed E-state index contributed by atoms with van der Waals surface area (Å²) in [5.74, 6) is 1.69. The number of aromatic nitrogens is 1. The molecule has 0 saturated carbocycles. The minimum Gasteiger partial charge on any atom is -0.493 e. The molecule has 1 fully saturated rings. The van der Waals surface area contributed by atoms with Crippen molar-refractivity contribution in [2.24, 2.45) is 0 Å². The lowest BCUT2D eigenvalue weighted by Gasteiger charge is -2.28. The number of carbonyl (C=O) groups is 1. The van der Waals surface area contributed by atoms with Gasteiger partial charge < -0.3 is 23.9 Å². The SMILES string of the molecule is CCC(C)N(Cc1nc(C(=O)NCC2CCCO2)co1)Cc1cccc(OC)c1OC. The second kappa shape index (κ2) is 11.2. The van der Waals surface area contributed by atoms with Crippen molar-refractivity contribution >= 4 is 5.91 Å². The number of rotatable bonds is 11. The summed E-state index contributed by atoms with van der Waals surface area (Å²) < 4.78 is 22.2. The summed E-state index contributed by atoms with van der Waals surface area (Å²) >= 11 is 0. The van der Waals surface area contributed by atoms with Gasteiger partial charge in [0.25, 0.3) is 5.91 Å².